The number of hydrogen-bond acceptors (Lipinski definition) is 3. The van der Waals surface area contributed by atoms with Crippen LogP contribution in [0.25, 0.3) is 16.6 Å². The fourth-order valence-corrected chi connectivity index (χ4v) is 3.12. The van der Waals surface area contributed by atoms with Gasteiger partial charge in [0.1, 0.15) is 0 Å². The molecule has 0 saturated carbocycles. The lowest BCUT2D eigenvalue weighted by molar-refractivity contribution is -0.119. The van der Waals surface area contributed by atoms with Crippen molar-refractivity contribution in [1.82, 2.24) is 20.1 Å². The van der Waals surface area contributed by atoms with Gasteiger partial charge < -0.3 is 5.32 Å². The number of carbonyl (C=O) groups is 1. The second-order valence-corrected chi connectivity index (χ2v) is 5.69. The van der Waals surface area contributed by atoms with E-state index in [0.717, 1.165) is 28.9 Å². The Kier molecular flexibility index (Phi) is 2.92. The van der Waals surface area contributed by atoms with Gasteiger partial charge in [-0.2, -0.15) is 14.8 Å². The zero-order valence-corrected chi connectivity index (χ0v) is 12.3. The summed E-state index contributed by atoms with van der Waals surface area (Å²) in [6.07, 6.45) is 2.31. The molecule has 1 N–H and O–H groups in total. The predicted molar refractivity (Wildman–Crippen MR) is 83.5 cm³/mol. The van der Waals surface area contributed by atoms with Crippen molar-refractivity contribution in [3.8, 4) is 11.1 Å². The van der Waals surface area contributed by atoms with Crippen LogP contribution in [0.1, 0.15) is 23.6 Å². The Labute approximate surface area is 128 Å². The van der Waals surface area contributed by atoms with Gasteiger partial charge in [-0.15, -0.1) is 0 Å². The molecule has 0 bridgehead atoms. The number of aromatic nitrogens is 3. The predicted octanol–water partition coefficient (Wildman–Crippen LogP) is 2.31. The fraction of sp³-hybridized carbons (Fsp3) is 0.235. The zero-order valence-electron chi connectivity index (χ0n) is 12.3. The Morgan fingerprint density at radius 2 is 2.05 bits per heavy atom. The van der Waals surface area contributed by atoms with Crippen LogP contribution in [-0.4, -0.2) is 27.3 Å². The molecule has 4 rings (SSSR count). The topological polar surface area (TPSA) is 59.3 Å². The summed E-state index contributed by atoms with van der Waals surface area (Å²) in [6.45, 7) is 2.73. The molecule has 2 aromatic heterocycles. The van der Waals surface area contributed by atoms with E-state index in [1.165, 1.54) is 5.56 Å². The summed E-state index contributed by atoms with van der Waals surface area (Å²) in [5.41, 5.74) is 5.41. The number of fused-ring (bicyclic) bond motifs is 1. The maximum Gasteiger partial charge on any atom is 0.220 e. The van der Waals surface area contributed by atoms with Crippen molar-refractivity contribution in [3.63, 3.8) is 0 Å². The minimum Gasteiger partial charge on any atom is -0.355 e. The van der Waals surface area contributed by atoms with Crippen LogP contribution in [0.4, 0.5) is 0 Å². The number of nitrogens with zero attached hydrogens (tertiary/aromatic N) is 3. The van der Waals surface area contributed by atoms with Crippen molar-refractivity contribution in [2.75, 3.05) is 6.54 Å². The molecule has 22 heavy (non-hydrogen) atoms. The summed E-state index contributed by atoms with van der Waals surface area (Å²) in [7, 11) is 0. The Balaban J connectivity index is 1.73. The van der Waals surface area contributed by atoms with Gasteiger partial charge in [-0.1, -0.05) is 24.3 Å². The van der Waals surface area contributed by atoms with Crippen LogP contribution in [0.5, 0.6) is 0 Å². The van der Waals surface area contributed by atoms with E-state index in [1.807, 2.05) is 19.1 Å². The summed E-state index contributed by atoms with van der Waals surface area (Å²) in [4.78, 5) is 11.3. The van der Waals surface area contributed by atoms with Crippen molar-refractivity contribution in [3.05, 3.63) is 53.9 Å². The van der Waals surface area contributed by atoms with E-state index in [9.17, 15) is 4.79 Å². The Morgan fingerprint density at radius 1 is 1.23 bits per heavy atom. The van der Waals surface area contributed by atoms with Crippen LogP contribution in [0.2, 0.25) is 0 Å². The molecule has 3 aromatic rings. The van der Waals surface area contributed by atoms with Crippen LogP contribution >= 0.6 is 0 Å². The van der Waals surface area contributed by atoms with Gasteiger partial charge in [0.05, 0.1) is 11.2 Å². The summed E-state index contributed by atoms with van der Waals surface area (Å²) in [5.74, 6) is 0.423. The number of amides is 1. The second kappa shape index (κ2) is 4.94. The van der Waals surface area contributed by atoms with Gasteiger partial charge in [-0.05, 0) is 30.2 Å². The van der Waals surface area contributed by atoms with Gasteiger partial charge in [-0.25, -0.2) is 0 Å². The van der Waals surface area contributed by atoms with E-state index >= 15 is 0 Å². The lowest BCUT2D eigenvalue weighted by Crippen LogP contribution is -2.13. The molecular formula is C17H16N4O. The standard InChI is InChI=1S/C17H16N4O/c1-11-17(15-3-2-8-19-21(15)20-11)13-6-4-12(5-7-13)14-9-16(22)18-10-14/h2-8,14H,9-10H2,1H3,(H,18,22). The molecule has 1 amide bonds. The molecule has 5 heteroatoms. The molecule has 0 aliphatic carbocycles. The molecule has 0 radical (unpaired) electrons. The van der Waals surface area contributed by atoms with Crippen LogP contribution < -0.4 is 5.32 Å². The molecule has 110 valence electrons. The average Bonchev–Trinajstić information content (AvgIpc) is 3.10. The largest absolute Gasteiger partial charge is 0.355 e. The summed E-state index contributed by atoms with van der Waals surface area (Å²) in [5, 5.41) is 11.6. The number of carbonyl (C=O) groups excluding carboxylic acids is 1. The summed E-state index contributed by atoms with van der Waals surface area (Å²) >= 11 is 0. The first-order chi connectivity index (χ1) is 10.7. The van der Waals surface area contributed by atoms with Gasteiger partial charge in [0.15, 0.2) is 0 Å². The Hall–Kier alpha value is -2.69. The van der Waals surface area contributed by atoms with Crippen LogP contribution in [-0.2, 0) is 4.79 Å². The monoisotopic (exact) mass is 292 g/mol. The minimum absolute atomic E-state index is 0.138. The van der Waals surface area contributed by atoms with Crippen molar-refractivity contribution in [2.45, 2.75) is 19.3 Å². The lowest BCUT2D eigenvalue weighted by atomic mass is 9.95. The molecule has 1 aliphatic rings. The molecule has 0 spiro atoms. The SMILES string of the molecule is Cc1nn2ncccc2c1-c1ccc(C2CNC(=O)C2)cc1. The zero-order chi connectivity index (χ0) is 15.1. The summed E-state index contributed by atoms with van der Waals surface area (Å²) < 4.78 is 1.66. The van der Waals surface area contributed by atoms with E-state index in [2.05, 4.69) is 39.8 Å². The maximum atomic E-state index is 11.3. The Morgan fingerprint density at radius 3 is 2.77 bits per heavy atom. The third-order valence-corrected chi connectivity index (χ3v) is 4.24. The normalized spacial score (nSPS) is 17.9. The van der Waals surface area contributed by atoms with Gasteiger partial charge >= 0.3 is 0 Å². The van der Waals surface area contributed by atoms with E-state index in [4.69, 9.17) is 0 Å². The van der Waals surface area contributed by atoms with E-state index in [0.29, 0.717) is 6.42 Å². The maximum absolute atomic E-state index is 11.3. The molecule has 5 nitrogen and oxygen atoms in total. The van der Waals surface area contributed by atoms with E-state index in [1.54, 1.807) is 10.8 Å². The van der Waals surface area contributed by atoms with Crippen LogP contribution in [0.15, 0.2) is 42.6 Å². The molecule has 3 heterocycles. The quantitative estimate of drug-likeness (QED) is 0.788. The molecule has 1 unspecified atom stereocenters. The first-order valence-corrected chi connectivity index (χ1v) is 7.40. The van der Waals surface area contributed by atoms with Gasteiger partial charge in [-0.3, -0.25) is 4.79 Å². The van der Waals surface area contributed by atoms with Gasteiger partial charge in [0, 0.05) is 30.6 Å². The average molecular weight is 292 g/mol. The third kappa shape index (κ3) is 2.06. The summed E-state index contributed by atoms with van der Waals surface area (Å²) in [6, 6.07) is 12.4. The number of rotatable bonds is 2. The number of hydrogen-bond donors (Lipinski definition) is 1. The lowest BCUT2D eigenvalue weighted by Gasteiger charge is -2.09. The molecule has 1 atom stereocenters. The van der Waals surface area contributed by atoms with Gasteiger partial charge in [0.25, 0.3) is 0 Å². The third-order valence-electron chi connectivity index (χ3n) is 4.24. The molecular weight excluding hydrogens is 276 g/mol. The van der Waals surface area contributed by atoms with Crippen molar-refractivity contribution in [1.29, 1.82) is 0 Å². The first-order valence-electron chi connectivity index (χ1n) is 7.40. The second-order valence-electron chi connectivity index (χ2n) is 5.69. The highest BCUT2D eigenvalue weighted by atomic mass is 16.1. The van der Waals surface area contributed by atoms with Crippen molar-refractivity contribution < 1.29 is 4.79 Å². The van der Waals surface area contributed by atoms with Crippen molar-refractivity contribution >= 4 is 11.4 Å². The highest BCUT2D eigenvalue weighted by Gasteiger charge is 2.23. The van der Waals surface area contributed by atoms with Gasteiger partial charge in [0.2, 0.25) is 5.91 Å². The smallest absolute Gasteiger partial charge is 0.220 e. The number of nitrogens with one attached hydrogen (secondary N) is 1. The molecule has 1 fully saturated rings. The number of aryl methyl sites for hydroxylation is 1. The molecule has 1 saturated heterocycles. The highest BCUT2D eigenvalue weighted by molar-refractivity contribution is 5.82. The molecule has 1 aromatic carbocycles. The Bertz CT molecular complexity index is 851. The van der Waals surface area contributed by atoms with E-state index < -0.39 is 0 Å². The van der Waals surface area contributed by atoms with Crippen LogP contribution in [0, 0.1) is 6.92 Å². The first kappa shape index (κ1) is 13.0. The van der Waals surface area contributed by atoms with Crippen LogP contribution in [0.3, 0.4) is 0 Å². The van der Waals surface area contributed by atoms with Crippen molar-refractivity contribution in [2.24, 2.45) is 0 Å². The molecule has 1 aliphatic heterocycles. The fourth-order valence-electron chi connectivity index (χ4n) is 3.12. The minimum atomic E-state index is 0.138. The van der Waals surface area contributed by atoms with E-state index in [-0.39, 0.29) is 11.8 Å². The highest BCUT2D eigenvalue weighted by Crippen LogP contribution is 2.30. The number of benzene rings is 1.